The summed E-state index contributed by atoms with van der Waals surface area (Å²) in [5.41, 5.74) is 0. The van der Waals surface area contributed by atoms with Gasteiger partial charge in [-0.25, -0.2) is 13.4 Å². The fourth-order valence-electron chi connectivity index (χ4n) is 2.69. The summed E-state index contributed by atoms with van der Waals surface area (Å²) in [5, 5.41) is 3.02. The van der Waals surface area contributed by atoms with Gasteiger partial charge < -0.3 is 5.32 Å². The zero-order valence-electron chi connectivity index (χ0n) is 12.2. The van der Waals surface area contributed by atoms with E-state index in [-0.39, 0.29) is 10.9 Å². The van der Waals surface area contributed by atoms with Gasteiger partial charge in [0.25, 0.3) is 0 Å². The monoisotopic (exact) mass is 297 g/mol. The minimum absolute atomic E-state index is 0.114. The molecule has 0 aliphatic heterocycles. The fraction of sp³-hybridized carbons (Fsp3) is 0.643. The molecule has 0 aromatic carbocycles. The van der Waals surface area contributed by atoms with E-state index >= 15 is 0 Å². The average Bonchev–Trinajstić information content (AvgIpc) is 2.48. The van der Waals surface area contributed by atoms with Crippen molar-refractivity contribution in [3.63, 3.8) is 0 Å². The number of rotatable bonds is 5. The second kappa shape index (κ2) is 6.54. The standard InChI is InChI=1S/C14H23N3O2S/c1-3-15-14-13(10-7-11-16-14)20(18,19)17(2)12-8-5-4-6-9-12/h7,10-12H,3-6,8-9H2,1-2H3,(H,15,16). The van der Waals surface area contributed by atoms with E-state index in [9.17, 15) is 8.42 Å². The lowest BCUT2D eigenvalue weighted by molar-refractivity contribution is 0.286. The average molecular weight is 297 g/mol. The van der Waals surface area contributed by atoms with Crippen LogP contribution in [0.2, 0.25) is 0 Å². The van der Waals surface area contributed by atoms with Crippen LogP contribution in [0.3, 0.4) is 0 Å². The molecular formula is C14H23N3O2S. The molecule has 1 aromatic heterocycles. The lowest BCUT2D eigenvalue weighted by atomic mass is 9.96. The third-order valence-electron chi connectivity index (χ3n) is 3.86. The second-order valence-corrected chi connectivity index (χ2v) is 7.16. The van der Waals surface area contributed by atoms with Crippen LogP contribution >= 0.6 is 0 Å². The molecule has 112 valence electrons. The van der Waals surface area contributed by atoms with Crippen LogP contribution in [0.15, 0.2) is 23.2 Å². The zero-order chi connectivity index (χ0) is 14.6. The molecule has 6 heteroatoms. The number of hydrogen-bond acceptors (Lipinski definition) is 4. The summed E-state index contributed by atoms with van der Waals surface area (Å²) < 4.78 is 27.1. The Bertz CT molecular complexity index is 539. The van der Waals surface area contributed by atoms with Crippen molar-refractivity contribution in [2.45, 2.75) is 50.0 Å². The van der Waals surface area contributed by atoms with Gasteiger partial charge in [-0.15, -0.1) is 0 Å². The van der Waals surface area contributed by atoms with E-state index in [4.69, 9.17) is 0 Å². The van der Waals surface area contributed by atoms with Crippen molar-refractivity contribution in [1.82, 2.24) is 9.29 Å². The Kier molecular flexibility index (Phi) is 4.99. The van der Waals surface area contributed by atoms with Gasteiger partial charge >= 0.3 is 0 Å². The normalized spacial score (nSPS) is 17.4. The molecule has 2 rings (SSSR count). The maximum absolute atomic E-state index is 12.8. The van der Waals surface area contributed by atoms with Crippen molar-refractivity contribution >= 4 is 15.8 Å². The van der Waals surface area contributed by atoms with Gasteiger partial charge in [0.2, 0.25) is 10.0 Å². The maximum atomic E-state index is 12.8. The molecule has 0 saturated heterocycles. The third-order valence-corrected chi connectivity index (χ3v) is 5.80. The smallest absolute Gasteiger partial charge is 0.246 e. The Morgan fingerprint density at radius 3 is 2.70 bits per heavy atom. The van der Waals surface area contributed by atoms with Gasteiger partial charge in [0.15, 0.2) is 0 Å². The molecule has 0 radical (unpaired) electrons. The third kappa shape index (κ3) is 3.12. The zero-order valence-corrected chi connectivity index (χ0v) is 13.0. The Labute approximate surface area is 121 Å². The fourth-order valence-corrected chi connectivity index (χ4v) is 4.23. The van der Waals surface area contributed by atoms with Crippen molar-refractivity contribution in [3.8, 4) is 0 Å². The van der Waals surface area contributed by atoms with Gasteiger partial charge in [0, 0.05) is 25.8 Å². The molecule has 0 amide bonds. The number of sulfonamides is 1. The van der Waals surface area contributed by atoms with Crippen LogP contribution in [0.25, 0.3) is 0 Å². The number of pyridine rings is 1. The van der Waals surface area contributed by atoms with Crippen LogP contribution in [0.5, 0.6) is 0 Å². The largest absolute Gasteiger partial charge is 0.369 e. The molecule has 20 heavy (non-hydrogen) atoms. The Hall–Kier alpha value is -1.14. The molecule has 5 nitrogen and oxygen atoms in total. The van der Waals surface area contributed by atoms with Crippen LogP contribution < -0.4 is 5.32 Å². The highest BCUT2D eigenvalue weighted by molar-refractivity contribution is 7.89. The summed E-state index contributed by atoms with van der Waals surface area (Å²) in [6, 6.07) is 3.41. The highest BCUT2D eigenvalue weighted by Gasteiger charge is 2.30. The van der Waals surface area contributed by atoms with Crippen molar-refractivity contribution in [2.75, 3.05) is 18.9 Å². The molecule has 0 bridgehead atoms. The van der Waals surface area contributed by atoms with Crippen LogP contribution in [0.1, 0.15) is 39.0 Å². The van der Waals surface area contributed by atoms with E-state index in [0.717, 1.165) is 25.7 Å². The SMILES string of the molecule is CCNc1ncccc1S(=O)(=O)N(C)C1CCCCC1. The predicted octanol–water partition coefficient (Wildman–Crippen LogP) is 2.47. The summed E-state index contributed by atoms with van der Waals surface area (Å²) in [6.45, 7) is 2.57. The molecule has 1 saturated carbocycles. The number of aromatic nitrogens is 1. The molecule has 0 unspecified atom stereocenters. The van der Waals surface area contributed by atoms with Crippen LogP contribution in [0.4, 0.5) is 5.82 Å². The summed E-state index contributed by atoms with van der Waals surface area (Å²) >= 11 is 0. The first-order valence-corrected chi connectivity index (χ1v) is 8.68. The number of nitrogens with zero attached hydrogens (tertiary/aromatic N) is 2. The van der Waals surface area contributed by atoms with E-state index in [0.29, 0.717) is 12.4 Å². The van der Waals surface area contributed by atoms with Gasteiger partial charge in [-0.05, 0) is 31.9 Å². The van der Waals surface area contributed by atoms with E-state index < -0.39 is 10.0 Å². The first-order valence-electron chi connectivity index (χ1n) is 7.24. The molecule has 1 heterocycles. The molecular weight excluding hydrogens is 274 g/mol. The quantitative estimate of drug-likeness (QED) is 0.907. The predicted molar refractivity (Wildman–Crippen MR) is 80.2 cm³/mol. The minimum Gasteiger partial charge on any atom is -0.369 e. The van der Waals surface area contributed by atoms with Gasteiger partial charge in [0.1, 0.15) is 10.7 Å². The van der Waals surface area contributed by atoms with Crippen molar-refractivity contribution in [2.24, 2.45) is 0 Å². The Morgan fingerprint density at radius 1 is 1.35 bits per heavy atom. The van der Waals surface area contributed by atoms with Gasteiger partial charge in [-0.3, -0.25) is 0 Å². The van der Waals surface area contributed by atoms with E-state index in [1.165, 1.54) is 10.7 Å². The van der Waals surface area contributed by atoms with Crippen LogP contribution in [0, 0.1) is 0 Å². The highest BCUT2D eigenvalue weighted by atomic mass is 32.2. The molecule has 1 aliphatic rings. The van der Waals surface area contributed by atoms with E-state index in [2.05, 4.69) is 10.3 Å². The van der Waals surface area contributed by atoms with Crippen molar-refractivity contribution in [3.05, 3.63) is 18.3 Å². The molecule has 1 aromatic rings. The summed E-state index contributed by atoms with van der Waals surface area (Å²) in [7, 11) is -1.79. The second-order valence-electron chi connectivity index (χ2n) is 5.19. The first kappa shape index (κ1) is 15.3. The molecule has 1 aliphatic carbocycles. The molecule has 1 fully saturated rings. The summed E-state index contributed by atoms with van der Waals surface area (Å²) in [5.74, 6) is 0.442. The molecule has 1 N–H and O–H groups in total. The van der Waals surface area contributed by atoms with E-state index in [1.807, 2.05) is 6.92 Å². The highest BCUT2D eigenvalue weighted by Crippen LogP contribution is 2.28. The van der Waals surface area contributed by atoms with Gasteiger partial charge in [-0.1, -0.05) is 19.3 Å². The lowest BCUT2D eigenvalue weighted by Gasteiger charge is -2.30. The molecule has 0 atom stereocenters. The Balaban J connectivity index is 2.29. The van der Waals surface area contributed by atoms with Gasteiger partial charge in [-0.2, -0.15) is 4.31 Å². The topological polar surface area (TPSA) is 62.3 Å². The number of hydrogen-bond donors (Lipinski definition) is 1. The van der Waals surface area contributed by atoms with Crippen LogP contribution in [-0.4, -0.2) is 37.3 Å². The van der Waals surface area contributed by atoms with Crippen LogP contribution in [-0.2, 0) is 10.0 Å². The van der Waals surface area contributed by atoms with E-state index in [1.54, 1.807) is 25.4 Å². The summed E-state index contributed by atoms with van der Waals surface area (Å²) in [6.07, 6.45) is 6.94. The number of nitrogens with one attached hydrogen (secondary N) is 1. The van der Waals surface area contributed by atoms with Crippen molar-refractivity contribution in [1.29, 1.82) is 0 Å². The van der Waals surface area contributed by atoms with Gasteiger partial charge in [0.05, 0.1) is 0 Å². The first-order chi connectivity index (χ1) is 9.57. The minimum atomic E-state index is -3.48. The Morgan fingerprint density at radius 2 is 2.05 bits per heavy atom. The maximum Gasteiger partial charge on any atom is 0.246 e. The lowest BCUT2D eigenvalue weighted by Crippen LogP contribution is -2.38. The summed E-state index contributed by atoms with van der Waals surface area (Å²) in [4.78, 5) is 4.42. The van der Waals surface area contributed by atoms with Crippen molar-refractivity contribution < 1.29 is 8.42 Å². The number of anilines is 1. The molecule has 0 spiro atoms.